The van der Waals surface area contributed by atoms with E-state index in [4.69, 9.17) is 0 Å². The SMILES string of the molecule is C[C@H](Sc1cc(F)ccc1F)C(=O)N[C@@H]1CCCc2ccccc21. The van der Waals surface area contributed by atoms with Gasteiger partial charge in [-0.2, -0.15) is 0 Å². The minimum atomic E-state index is -0.510. The van der Waals surface area contributed by atoms with Gasteiger partial charge in [-0.3, -0.25) is 4.79 Å². The van der Waals surface area contributed by atoms with Crippen molar-refractivity contribution >= 4 is 17.7 Å². The molecule has 1 amide bonds. The van der Waals surface area contributed by atoms with Crippen LogP contribution in [0.5, 0.6) is 0 Å². The topological polar surface area (TPSA) is 29.1 Å². The number of carbonyl (C=O) groups is 1. The van der Waals surface area contributed by atoms with Gasteiger partial charge in [0.1, 0.15) is 11.6 Å². The Hall–Kier alpha value is -1.88. The maximum absolute atomic E-state index is 13.7. The smallest absolute Gasteiger partial charge is 0.233 e. The predicted octanol–water partition coefficient (Wildman–Crippen LogP) is 4.64. The molecule has 126 valence electrons. The van der Waals surface area contributed by atoms with Crippen LogP contribution < -0.4 is 5.32 Å². The maximum Gasteiger partial charge on any atom is 0.233 e. The van der Waals surface area contributed by atoms with E-state index >= 15 is 0 Å². The highest BCUT2D eigenvalue weighted by Crippen LogP contribution is 2.31. The Bertz CT molecular complexity index is 750. The van der Waals surface area contributed by atoms with E-state index in [0.29, 0.717) is 0 Å². The molecule has 0 fully saturated rings. The molecular weight excluding hydrogens is 328 g/mol. The van der Waals surface area contributed by atoms with Gasteiger partial charge in [-0.15, -0.1) is 11.8 Å². The minimum Gasteiger partial charge on any atom is -0.348 e. The number of hydrogen-bond acceptors (Lipinski definition) is 2. The molecule has 5 heteroatoms. The first-order valence-electron chi connectivity index (χ1n) is 8.04. The molecule has 0 bridgehead atoms. The number of amides is 1. The Morgan fingerprint density at radius 2 is 2.04 bits per heavy atom. The van der Waals surface area contributed by atoms with E-state index in [2.05, 4.69) is 11.4 Å². The molecule has 0 spiro atoms. The average Bonchev–Trinajstić information content (AvgIpc) is 2.58. The first kappa shape index (κ1) is 17.0. The van der Waals surface area contributed by atoms with Crippen LogP contribution in [-0.2, 0) is 11.2 Å². The van der Waals surface area contributed by atoms with Gasteiger partial charge in [0, 0.05) is 4.90 Å². The highest BCUT2D eigenvalue weighted by atomic mass is 32.2. The summed E-state index contributed by atoms with van der Waals surface area (Å²) in [6.45, 7) is 1.71. The zero-order chi connectivity index (χ0) is 17.1. The van der Waals surface area contributed by atoms with E-state index in [9.17, 15) is 13.6 Å². The number of hydrogen-bond donors (Lipinski definition) is 1. The van der Waals surface area contributed by atoms with Crippen LogP contribution in [0.1, 0.15) is 36.9 Å². The van der Waals surface area contributed by atoms with Crippen molar-refractivity contribution in [2.75, 3.05) is 0 Å². The fourth-order valence-corrected chi connectivity index (χ4v) is 3.92. The maximum atomic E-state index is 13.7. The standard InChI is InChI=1S/C19H19F2NOS/c1-12(24-18-11-14(20)9-10-16(18)21)19(23)22-17-8-4-6-13-5-2-3-7-15(13)17/h2-3,5,7,9-12,17H,4,6,8H2,1H3,(H,22,23)/t12-,17+/m0/s1. The van der Waals surface area contributed by atoms with Crippen LogP contribution in [0.3, 0.4) is 0 Å². The summed E-state index contributed by atoms with van der Waals surface area (Å²) in [5, 5.41) is 2.55. The number of aryl methyl sites for hydroxylation is 1. The van der Waals surface area contributed by atoms with Crippen molar-refractivity contribution < 1.29 is 13.6 Å². The van der Waals surface area contributed by atoms with Crippen molar-refractivity contribution in [2.24, 2.45) is 0 Å². The zero-order valence-corrected chi connectivity index (χ0v) is 14.2. The molecule has 0 aromatic heterocycles. The molecule has 0 saturated carbocycles. The minimum absolute atomic E-state index is 0.0112. The molecule has 1 N–H and O–H groups in total. The van der Waals surface area contributed by atoms with Crippen LogP contribution in [0.2, 0.25) is 0 Å². The molecular formula is C19H19F2NOS. The van der Waals surface area contributed by atoms with E-state index in [1.165, 1.54) is 5.56 Å². The Morgan fingerprint density at radius 1 is 1.25 bits per heavy atom. The van der Waals surface area contributed by atoms with E-state index in [-0.39, 0.29) is 16.8 Å². The number of carbonyl (C=O) groups excluding carboxylic acids is 1. The Balaban J connectivity index is 1.68. The molecule has 0 heterocycles. The molecule has 24 heavy (non-hydrogen) atoms. The highest BCUT2D eigenvalue weighted by molar-refractivity contribution is 8.00. The van der Waals surface area contributed by atoms with E-state index in [0.717, 1.165) is 54.8 Å². The summed E-state index contributed by atoms with van der Waals surface area (Å²) in [5.74, 6) is -1.18. The molecule has 1 aliphatic carbocycles. The highest BCUT2D eigenvalue weighted by Gasteiger charge is 2.24. The van der Waals surface area contributed by atoms with Gasteiger partial charge < -0.3 is 5.32 Å². The van der Waals surface area contributed by atoms with Crippen LogP contribution in [-0.4, -0.2) is 11.2 Å². The van der Waals surface area contributed by atoms with Gasteiger partial charge in [0.15, 0.2) is 0 Å². The normalized spacial score (nSPS) is 17.9. The lowest BCUT2D eigenvalue weighted by molar-refractivity contribution is -0.121. The summed E-state index contributed by atoms with van der Waals surface area (Å²) in [7, 11) is 0. The Morgan fingerprint density at radius 3 is 2.88 bits per heavy atom. The van der Waals surface area contributed by atoms with E-state index < -0.39 is 16.9 Å². The molecule has 2 aromatic carbocycles. The second-order valence-corrected chi connectivity index (χ2v) is 7.37. The molecule has 0 saturated heterocycles. The van der Waals surface area contributed by atoms with Crippen LogP contribution in [0.15, 0.2) is 47.4 Å². The van der Waals surface area contributed by atoms with Gasteiger partial charge in [0.25, 0.3) is 0 Å². The first-order valence-corrected chi connectivity index (χ1v) is 8.92. The summed E-state index contributed by atoms with van der Waals surface area (Å²) in [4.78, 5) is 12.6. The molecule has 0 unspecified atom stereocenters. The fraction of sp³-hybridized carbons (Fsp3) is 0.316. The lowest BCUT2D eigenvalue weighted by Crippen LogP contribution is -2.35. The third kappa shape index (κ3) is 3.78. The molecule has 3 rings (SSSR count). The van der Waals surface area contributed by atoms with Gasteiger partial charge in [0.2, 0.25) is 5.91 Å². The second-order valence-electron chi connectivity index (χ2n) is 5.99. The quantitative estimate of drug-likeness (QED) is 0.817. The summed E-state index contributed by atoms with van der Waals surface area (Å²) in [5.41, 5.74) is 2.43. The number of nitrogens with one attached hydrogen (secondary N) is 1. The van der Waals surface area contributed by atoms with Crippen molar-refractivity contribution in [1.29, 1.82) is 0 Å². The summed E-state index contributed by atoms with van der Waals surface area (Å²) >= 11 is 1.04. The number of fused-ring (bicyclic) bond motifs is 1. The Labute approximate surface area is 144 Å². The summed E-state index contributed by atoms with van der Waals surface area (Å²) in [6, 6.07) is 11.4. The third-order valence-corrected chi connectivity index (χ3v) is 5.39. The first-order chi connectivity index (χ1) is 11.5. The van der Waals surface area contributed by atoms with Gasteiger partial charge in [-0.05, 0) is 55.5 Å². The van der Waals surface area contributed by atoms with Crippen LogP contribution in [0, 0.1) is 11.6 Å². The van der Waals surface area contributed by atoms with Crippen molar-refractivity contribution in [2.45, 2.75) is 42.4 Å². The number of halogens is 2. The van der Waals surface area contributed by atoms with Crippen molar-refractivity contribution in [3.63, 3.8) is 0 Å². The number of benzene rings is 2. The molecule has 0 radical (unpaired) electrons. The van der Waals surface area contributed by atoms with Crippen molar-refractivity contribution in [3.8, 4) is 0 Å². The summed E-state index contributed by atoms with van der Waals surface area (Å²) in [6.07, 6.45) is 2.96. The van der Waals surface area contributed by atoms with Gasteiger partial charge in [-0.25, -0.2) is 8.78 Å². The fourth-order valence-electron chi connectivity index (χ4n) is 3.00. The van der Waals surface area contributed by atoms with Crippen molar-refractivity contribution in [3.05, 3.63) is 65.2 Å². The summed E-state index contributed by atoms with van der Waals surface area (Å²) < 4.78 is 27.0. The molecule has 1 aliphatic rings. The van der Waals surface area contributed by atoms with Gasteiger partial charge in [-0.1, -0.05) is 24.3 Å². The Kier molecular flexibility index (Phi) is 5.19. The second kappa shape index (κ2) is 7.34. The average molecular weight is 347 g/mol. The van der Waals surface area contributed by atoms with Crippen LogP contribution >= 0.6 is 11.8 Å². The van der Waals surface area contributed by atoms with Gasteiger partial charge in [0.05, 0.1) is 11.3 Å². The van der Waals surface area contributed by atoms with Crippen LogP contribution in [0.4, 0.5) is 8.78 Å². The lowest BCUT2D eigenvalue weighted by atomic mass is 9.88. The van der Waals surface area contributed by atoms with Crippen LogP contribution in [0.25, 0.3) is 0 Å². The third-order valence-electron chi connectivity index (χ3n) is 4.25. The van der Waals surface area contributed by atoms with Gasteiger partial charge >= 0.3 is 0 Å². The molecule has 2 aromatic rings. The predicted molar refractivity (Wildman–Crippen MR) is 91.9 cm³/mol. The number of rotatable bonds is 4. The van der Waals surface area contributed by atoms with E-state index in [1.54, 1.807) is 6.92 Å². The zero-order valence-electron chi connectivity index (χ0n) is 13.4. The monoisotopic (exact) mass is 347 g/mol. The molecule has 2 nitrogen and oxygen atoms in total. The molecule has 2 atom stereocenters. The van der Waals surface area contributed by atoms with E-state index in [1.807, 2.05) is 18.2 Å². The lowest BCUT2D eigenvalue weighted by Gasteiger charge is -2.27. The van der Waals surface area contributed by atoms with Crippen molar-refractivity contribution in [1.82, 2.24) is 5.32 Å². The number of thioether (sulfide) groups is 1. The largest absolute Gasteiger partial charge is 0.348 e. The molecule has 0 aliphatic heterocycles.